The minimum atomic E-state index is 0.0851. The van der Waals surface area contributed by atoms with Crippen LogP contribution in [-0.2, 0) is 4.74 Å². The molecule has 2 aliphatic rings. The topological polar surface area (TPSA) is 106 Å². The number of ether oxygens (including phenoxy) is 2. The van der Waals surface area contributed by atoms with Gasteiger partial charge >= 0.3 is 6.01 Å². The van der Waals surface area contributed by atoms with Gasteiger partial charge in [-0.25, -0.2) is 9.97 Å². The molecule has 0 unspecified atom stereocenters. The molecule has 3 aromatic heterocycles. The lowest BCUT2D eigenvalue weighted by atomic mass is 9.93. The summed E-state index contributed by atoms with van der Waals surface area (Å²) in [5.74, 6) is 2.42. The van der Waals surface area contributed by atoms with Crippen LogP contribution >= 0.6 is 0 Å². The first kappa shape index (κ1) is 20.7. The number of aromatic nitrogens is 6. The van der Waals surface area contributed by atoms with Gasteiger partial charge in [0.1, 0.15) is 24.1 Å². The summed E-state index contributed by atoms with van der Waals surface area (Å²) in [6.45, 7) is 3.02. The van der Waals surface area contributed by atoms with Crippen LogP contribution in [0.2, 0.25) is 0 Å². The van der Waals surface area contributed by atoms with Crippen molar-refractivity contribution in [3.05, 3.63) is 24.7 Å². The van der Waals surface area contributed by atoms with Crippen molar-refractivity contribution in [3.63, 3.8) is 0 Å². The molecule has 11 nitrogen and oxygen atoms in total. The van der Waals surface area contributed by atoms with Crippen molar-refractivity contribution in [2.24, 2.45) is 0 Å². The molecule has 1 N–H and O–H groups in total. The summed E-state index contributed by atoms with van der Waals surface area (Å²) in [5, 5.41) is 7.78. The molecular formula is C21H29N9O2. The Kier molecular flexibility index (Phi) is 5.89. The van der Waals surface area contributed by atoms with Gasteiger partial charge in [-0.15, -0.1) is 0 Å². The maximum atomic E-state index is 6.33. The maximum Gasteiger partial charge on any atom is 0.321 e. The third kappa shape index (κ3) is 4.52. The number of hydrogen-bond donors (Lipinski definition) is 1. The molecule has 0 atom stereocenters. The van der Waals surface area contributed by atoms with E-state index >= 15 is 0 Å². The van der Waals surface area contributed by atoms with E-state index in [1.165, 1.54) is 6.33 Å². The zero-order valence-corrected chi connectivity index (χ0v) is 18.5. The van der Waals surface area contributed by atoms with Crippen molar-refractivity contribution in [2.45, 2.75) is 37.8 Å². The molecule has 1 aliphatic carbocycles. The summed E-state index contributed by atoms with van der Waals surface area (Å²) in [6.07, 6.45) is 7.20. The normalized spacial score (nSPS) is 21.5. The van der Waals surface area contributed by atoms with Crippen LogP contribution in [0.25, 0.3) is 5.65 Å². The summed E-state index contributed by atoms with van der Waals surface area (Å²) in [4.78, 5) is 22.2. The van der Waals surface area contributed by atoms with Crippen molar-refractivity contribution in [3.8, 4) is 6.01 Å². The van der Waals surface area contributed by atoms with Gasteiger partial charge in [-0.05, 0) is 31.7 Å². The molecule has 2 fully saturated rings. The fraction of sp³-hybridized carbons (Fsp3) is 0.571. The van der Waals surface area contributed by atoms with E-state index in [0.717, 1.165) is 56.1 Å². The number of fused-ring (bicyclic) bond motifs is 1. The predicted molar refractivity (Wildman–Crippen MR) is 120 cm³/mol. The Balaban J connectivity index is 1.23. The molecule has 11 heteroatoms. The monoisotopic (exact) mass is 439 g/mol. The molecule has 32 heavy (non-hydrogen) atoms. The molecule has 5 rings (SSSR count). The highest BCUT2D eigenvalue weighted by Gasteiger charge is 2.25. The highest BCUT2D eigenvalue weighted by atomic mass is 16.5. The maximum absolute atomic E-state index is 6.33. The summed E-state index contributed by atoms with van der Waals surface area (Å²) >= 11 is 0. The summed E-state index contributed by atoms with van der Waals surface area (Å²) < 4.78 is 13.5. The van der Waals surface area contributed by atoms with Crippen molar-refractivity contribution < 1.29 is 9.47 Å². The van der Waals surface area contributed by atoms with Gasteiger partial charge in [-0.2, -0.15) is 19.6 Å². The fourth-order valence-corrected chi connectivity index (χ4v) is 4.14. The molecular weight excluding hydrogens is 410 g/mol. The second-order valence-electron chi connectivity index (χ2n) is 8.40. The Labute approximate surface area is 186 Å². The third-order valence-electron chi connectivity index (χ3n) is 5.94. The number of morpholine rings is 1. The van der Waals surface area contributed by atoms with Gasteiger partial charge in [0, 0.05) is 45.5 Å². The largest absolute Gasteiger partial charge is 0.460 e. The van der Waals surface area contributed by atoms with E-state index in [1.807, 2.05) is 31.1 Å². The van der Waals surface area contributed by atoms with E-state index in [0.29, 0.717) is 31.2 Å². The lowest BCUT2D eigenvalue weighted by molar-refractivity contribution is 0.121. The second-order valence-corrected chi connectivity index (χ2v) is 8.40. The van der Waals surface area contributed by atoms with E-state index < -0.39 is 0 Å². The molecule has 1 aliphatic heterocycles. The van der Waals surface area contributed by atoms with Crippen LogP contribution in [0.3, 0.4) is 0 Å². The van der Waals surface area contributed by atoms with Crippen molar-refractivity contribution in [2.75, 3.05) is 55.5 Å². The Hall–Kier alpha value is -3.21. The van der Waals surface area contributed by atoms with Crippen LogP contribution in [0, 0.1) is 0 Å². The highest BCUT2D eigenvalue weighted by molar-refractivity contribution is 5.52. The van der Waals surface area contributed by atoms with Crippen molar-refractivity contribution in [1.29, 1.82) is 0 Å². The molecule has 4 heterocycles. The van der Waals surface area contributed by atoms with Crippen LogP contribution in [0.5, 0.6) is 6.01 Å². The van der Waals surface area contributed by atoms with Crippen LogP contribution in [0.1, 0.15) is 25.7 Å². The van der Waals surface area contributed by atoms with Crippen LogP contribution in [-0.4, -0.2) is 82.1 Å². The fourth-order valence-electron chi connectivity index (χ4n) is 4.14. The minimum Gasteiger partial charge on any atom is -0.460 e. The standard InChI is InChI=1S/C21H29N9O2/c1-28(2)17-7-8-22-20(26-17)25-15-3-5-16(6-4-15)32-21-27-19(29-9-11-31-12-10-29)13-18-23-14-24-30(18)21/h7-8,13-16H,3-6,9-12H2,1-2H3,(H,22,25,26). The van der Waals surface area contributed by atoms with Crippen LogP contribution in [0.15, 0.2) is 24.7 Å². The predicted octanol–water partition coefficient (Wildman–Crippen LogP) is 1.62. The molecule has 1 saturated carbocycles. The number of rotatable bonds is 6. The molecule has 3 aromatic rings. The lowest BCUT2D eigenvalue weighted by Gasteiger charge is -2.30. The molecule has 0 bridgehead atoms. The zero-order chi connectivity index (χ0) is 21.9. The number of nitrogens with zero attached hydrogens (tertiary/aromatic N) is 8. The zero-order valence-electron chi connectivity index (χ0n) is 18.5. The number of anilines is 3. The first-order chi connectivity index (χ1) is 15.7. The van der Waals surface area contributed by atoms with E-state index in [2.05, 4.69) is 30.3 Å². The van der Waals surface area contributed by atoms with E-state index in [1.54, 1.807) is 10.7 Å². The van der Waals surface area contributed by atoms with Gasteiger partial charge in [0.25, 0.3) is 0 Å². The van der Waals surface area contributed by atoms with Crippen LogP contribution < -0.4 is 19.9 Å². The number of hydrogen-bond acceptors (Lipinski definition) is 10. The van der Waals surface area contributed by atoms with Gasteiger partial charge in [0.05, 0.1) is 13.2 Å². The Morgan fingerprint density at radius 1 is 1.09 bits per heavy atom. The molecule has 0 aromatic carbocycles. The minimum absolute atomic E-state index is 0.0851. The highest BCUT2D eigenvalue weighted by Crippen LogP contribution is 2.27. The molecule has 0 amide bonds. The Morgan fingerprint density at radius 2 is 1.91 bits per heavy atom. The average molecular weight is 440 g/mol. The molecule has 1 saturated heterocycles. The van der Waals surface area contributed by atoms with E-state index in [-0.39, 0.29) is 6.10 Å². The summed E-state index contributed by atoms with van der Waals surface area (Å²) in [7, 11) is 3.95. The Bertz CT molecular complexity index is 1040. The van der Waals surface area contributed by atoms with Crippen molar-refractivity contribution in [1.82, 2.24) is 29.5 Å². The average Bonchev–Trinajstić information content (AvgIpc) is 3.30. The van der Waals surface area contributed by atoms with E-state index in [9.17, 15) is 0 Å². The summed E-state index contributed by atoms with van der Waals surface area (Å²) in [5.41, 5.74) is 0.741. The molecule has 0 radical (unpaired) electrons. The Morgan fingerprint density at radius 3 is 2.69 bits per heavy atom. The van der Waals surface area contributed by atoms with Gasteiger partial charge in [0.2, 0.25) is 5.95 Å². The van der Waals surface area contributed by atoms with Crippen LogP contribution in [0.4, 0.5) is 17.6 Å². The van der Waals surface area contributed by atoms with Crippen molar-refractivity contribution >= 4 is 23.2 Å². The first-order valence-corrected chi connectivity index (χ1v) is 11.1. The second kappa shape index (κ2) is 9.11. The summed E-state index contributed by atoms with van der Waals surface area (Å²) in [6, 6.07) is 4.68. The number of nitrogens with one attached hydrogen (secondary N) is 1. The van der Waals surface area contributed by atoms with Gasteiger partial charge in [-0.1, -0.05) is 0 Å². The SMILES string of the molecule is CN(C)c1ccnc(NC2CCC(Oc3nc(N4CCOCC4)cc4ncnn34)CC2)n1. The molecule has 0 spiro atoms. The van der Waals surface area contributed by atoms with Gasteiger partial charge < -0.3 is 24.6 Å². The first-order valence-electron chi connectivity index (χ1n) is 11.1. The van der Waals surface area contributed by atoms with E-state index in [4.69, 9.17) is 14.5 Å². The van der Waals surface area contributed by atoms with Gasteiger partial charge in [0.15, 0.2) is 5.65 Å². The quantitative estimate of drug-likeness (QED) is 0.609. The third-order valence-corrected chi connectivity index (χ3v) is 5.94. The van der Waals surface area contributed by atoms with Gasteiger partial charge in [-0.3, -0.25) is 0 Å². The smallest absolute Gasteiger partial charge is 0.321 e. The molecule has 170 valence electrons. The lowest BCUT2D eigenvalue weighted by Crippen LogP contribution is -2.37.